The monoisotopic (exact) mass is 209 g/mol. The Hall–Kier alpha value is -0.760. The molecule has 2 heteroatoms. The maximum Gasteiger partial charge on any atom is 0.116 e. The Morgan fingerprint density at radius 2 is 2.40 bits per heavy atom. The highest BCUT2D eigenvalue weighted by Gasteiger charge is 2.07. The van der Waals surface area contributed by atoms with Gasteiger partial charge in [0.1, 0.15) is 6.10 Å². The Kier molecular flexibility index (Phi) is 5.48. The minimum absolute atomic E-state index is 0.288. The van der Waals surface area contributed by atoms with E-state index < -0.39 is 0 Å². The van der Waals surface area contributed by atoms with Gasteiger partial charge in [0.05, 0.1) is 6.26 Å². The summed E-state index contributed by atoms with van der Waals surface area (Å²) in [6.07, 6.45) is 8.66. The van der Waals surface area contributed by atoms with Crippen molar-refractivity contribution in [2.75, 3.05) is 13.1 Å². The van der Waals surface area contributed by atoms with E-state index in [9.17, 15) is 0 Å². The standard InChI is InChI=1S/C13H23NO/c1-11(2)9-14-10-12(3)8-13-6-4-5-7-15-13/h5,7-8,11,13-14H,4,6,9-10H2,1-3H3. The van der Waals surface area contributed by atoms with Gasteiger partial charge in [0.25, 0.3) is 0 Å². The fraction of sp³-hybridized carbons (Fsp3) is 0.692. The van der Waals surface area contributed by atoms with E-state index in [4.69, 9.17) is 4.74 Å². The molecule has 0 aromatic carbocycles. The third-order valence-corrected chi connectivity index (χ3v) is 2.39. The zero-order chi connectivity index (χ0) is 11.1. The Morgan fingerprint density at radius 1 is 1.60 bits per heavy atom. The molecule has 0 bridgehead atoms. The van der Waals surface area contributed by atoms with Crippen molar-refractivity contribution in [2.45, 2.75) is 39.7 Å². The number of hydrogen-bond acceptors (Lipinski definition) is 2. The molecule has 1 atom stereocenters. The third kappa shape index (κ3) is 5.63. The Morgan fingerprint density at radius 3 is 3.00 bits per heavy atom. The quantitative estimate of drug-likeness (QED) is 0.703. The minimum Gasteiger partial charge on any atom is -0.494 e. The molecule has 0 radical (unpaired) electrons. The van der Waals surface area contributed by atoms with Crippen molar-refractivity contribution in [3.63, 3.8) is 0 Å². The van der Waals surface area contributed by atoms with E-state index >= 15 is 0 Å². The van der Waals surface area contributed by atoms with Crippen molar-refractivity contribution < 1.29 is 4.74 Å². The van der Waals surface area contributed by atoms with Crippen LogP contribution in [0.15, 0.2) is 24.0 Å². The molecule has 1 rings (SSSR count). The maximum atomic E-state index is 5.49. The molecule has 0 aromatic heterocycles. The molecular formula is C13H23NO. The van der Waals surface area contributed by atoms with Gasteiger partial charge in [-0.15, -0.1) is 0 Å². The topological polar surface area (TPSA) is 21.3 Å². The highest BCUT2D eigenvalue weighted by atomic mass is 16.5. The summed E-state index contributed by atoms with van der Waals surface area (Å²) in [6, 6.07) is 0. The van der Waals surface area contributed by atoms with Gasteiger partial charge in [-0.3, -0.25) is 0 Å². The summed E-state index contributed by atoms with van der Waals surface area (Å²) in [5.41, 5.74) is 1.37. The average molecular weight is 209 g/mol. The minimum atomic E-state index is 0.288. The molecule has 1 aliphatic rings. The van der Waals surface area contributed by atoms with Gasteiger partial charge in [0.15, 0.2) is 0 Å². The smallest absolute Gasteiger partial charge is 0.116 e. The van der Waals surface area contributed by atoms with E-state index in [0.717, 1.165) is 25.9 Å². The molecule has 15 heavy (non-hydrogen) atoms. The van der Waals surface area contributed by atoms with Crippen molar-refractivity contribution in [2.24, 2.45) is 5.92 Å². The summed E-state index contributed by atoms with van der Waals surface area (Å²) < 4.78 is 5.49. The lowest BCUT2D eigenvalue weighted by atomic mass is 10.1. The molecule has 1 N–H and O–H groups in total. The maximum absolute atomic E-state index is 5.49. The summed E-state index contributed by atoms with van der Waals surface area (Å²) in [5, 5.41) is 3.43. The fourth-order valence-corrected chi connectivity index (χ4v) is 1.61. The van der Waals surface area contributed by atoms with Crippen LogP contribution in [0, 0.1) is 5.92 Å². The summed E-state index contributed by atoms with van der Waals surface area (Å²) in [7, 11) is 0. The van der Waals surface area contributed by atoms with Crippen molar-refractivity contribution >= 4 is 0 Å². The van der Waals surface area contributed by atoms with Crippen molar-refractivity contribution in [3.05, 3.63) is 24.0 Å². The van der Waals surface area contributed by atoms with Crippen LogP contribution in [0.4, 0.5) is 0 Å². The van der Waals surface area contributed by atoms with Crippen LogP contribution >= 0.6 is 0 Å². The van der Waals surface area contributed by atoms with Gasteiger partial charge in [-0.05, 0) is 44.4 Å². The van der Waals surface area contributed by atoms with E-state index in [2.05, 4.69) is 38.2 Å². The number of allylic oxidation sites excluding steroid dienone is 1. The first-order chi connectivity index (χ1) is 7.18. The first-order valence-corrected chi connectivity index (χ1v) is 5.87. The largest absolute Gasteiger partial charge is 0.494 e. The van der Waals surface area contributed by atoms with E-state index in [0.29, 0.717) is 5.92 Å². The molecule has 0 saturated heterocycles. The SMILES string of the molecule is CC(=CC1CCC=CO1)CNCC(C)C. The van der Waals surface area contributed by atoms with Crippen molar-refractivity contribution in [1.82, 2.24) is 5.32 Å². The first kappa shape index (κ1) is 12.3. The highest BCUT2D eigenvalue weighted by molar-refractivity contribution is 5.06. The number of ether oxygens (including phenoxy) is 1. The van der Waals surface area contributed by atoms with Gasteiger partial charge < -0.3 is 10.1 Å². The summed E-state index contributed by atoms with van der Waals surface area (Å²) in [4.78, 5) is 0. The third-order valence-electron chi connectivity index (χ3n) is 2.39. The predicted octanol–water partition coefficient (Wildman–Crippen LogP) is 2.87. The van der Waals surface area contributed by atoms with Crippen LogP contribution in [0.3, 0.4) is 0 Å². The molecule has 0 aliphatic carbocycles. The zero-order valence-corrected chi connectivity index (χ0v) is 10.1. The summed E-state index contributed by atoms with van der Waals surface area (Å²) in [5.74, 6) is 0.715. The molecule has 0 aromatic rings. The lowest BCUT2D eigenvalue weighted by molar-refractivity contribution is 0.164. The van der Waals surface area contributed by atoms with Crippen LogP contribution in [0.1, 0.15) is 33.6 Å². The van der Waals surface area contributed by atoms with E-state index in [-0.39, 0.29) is 6.10 Å². The molecule has 0 saturated carbocycles. The Balaban J connectivity index is 2.22. The van der Waals surface area contributed by atoms with Gasteiger partial charge in [0, 0.05) is 6.54 Å². The number of nitrogens with one attached hydrogen (secondary N) is 1. The summed E-state index contributed by atoms with van der Waals surface area (Å²) in [6.45, 7) is 8.66. The lowest BCUT2D eigenvalue weighted by Crippen LogP contribution is -2.22. The molecule has 0 amide bonds. The van der Waals surface area contributed by atoms with Crippen molar-refractivity contribution in [3.8, 4) is 0 Å². The first-order valence-electron chi connectivity index (χ1n) is 5.87. The fourth-order valence-electron chi connectivity index (χ4n) is 1.61. The van der Waals surface area contributed by atoms with Crippen LogP contribution in [0.25, 0.3) is 0 Å². The molecule has 86 valence electrons. The van der Waals surface area contributed by atoms with Gasteiger partial charge in [-0.2, -0.15) is 0 Å². The van der Waals surface area contributed by atoms with Crippen LogP contribution in [0.2, 0.25) is 0 Å². The zero-order valence-electron chi connectivity index (χ0n) is 10.1. The van der Waals surface area contributed by atoms with Crippen molar-refractivity contribution in [1.29, 1.82) is 0 Å². The summed E-state index contributed by atoms with van der Waals surface area (Å²) >= 11 is 0. The second-order valence-electron chi connectivity index (χ2n) is 4.66. The molecule has 0 spiro atoms. The second kappa shape index (κ2) is 6.67. The molecule has 1 heterocycles. The molecule has 2 nitrogen and oxygen atoms in total. The molecule has 1 unspecified atom stereocenters. The van der Waals surface area contributed by atoms with Crippen LogP contribution < -0.4 is 5.32 Å². The predicted molar refractivity (Wildman–Crippen MR) is 64.7 cm³/mol. The second-order valence-corrected chi connectivity index (χ2v) is 4.66. The van der Waals surface area contributed by atoms with Crippen LogP contribution in [-0.4, -0.2) is 19.2 Å². The number of hydrogen-bond donors (Lipinski definition) is 1. The molecular weight excluding hydrogens is 186 g/mol. The molecule has 1 aliphatic heterocycles. The average Bonchev–Trinajstić information content (AvgIpc) is 2.18. The van der Waals surface area contributed by atoms with Crippen LogP contribution in [-0.2, 0) is 4.74 Å². The van der Waals surface area contributed by atoms with Gasteiger partial charge in [-0.1, -0.05) is 19.4 Å². The lowest BCUT2D eigenvalue weighted by Gasteiger charge is -2.17. The van der Waals surface area contributed by atoms with Gasteiger partial charge >= 0.3 is 0 Å². The normalized spacial score (nSPS) is 21.9. The molecule has 0 fully saturated rings. The Labute approximate surface area is 93.4 Å². The van der Waals surface area contributed by atoms with Crippen LogP contribution in [0.5, 0.6) is 0 Å². The van der Waals surface area contributed by atoms with E-state index in [1.54, 1.807) is 0 Å². The highest BCUT2D eigenvalue weighted by Crippen LogP contribution is 2.12. The van der Waals surface area contributed by atoms with Gasteiger partial charge in [0.2, 0.25) is 0 Å². The van der Waals surface area contributed by atoms with E-state index in [1.165, 1.54) is 5.57 Å². The Bertz CT molecular complexity index is 231. The number of rotatable bonds is 5. The van der Waals surface area contributed by atoms with Gasteiger partial charge in [-0.25, -0.2) is 0 Å². The van der Waals surface area contributed by atoms with E-state index in [1.807, 2.05) is 6.26 Å².